The summed E-state index contributed by atoms with van der Waals surface area (Å²) in [7, 11) is 0. The van der Waals surface area contributed by atoms with E-state index in [2.05, 4.69) is 0 Å². The van der Waals surface area contributed by atoms with Crippen LogP contribution in [0.2, 0.25) is 0 Å². The van der Waals surface area contributed by atoms with Crippen LogP contribution in [0.25, 0.3) is 0 Å². The van der Waals surface area contributed by atoms with Gasteiger partial charge in [0.05, 0.1) is 5.92 Å². The number of Topliss-reactive ketones (excluding diaryl/α,β-unsaturated/α-hetero) is 1. The molecule has 26 heavy (non-hydrogen) atoms. The molecule has 1 atom stereocenters. The standard InChI is InChI=1S/C22H22O4/c1-15(23)21-16(2)26-22(18-10-6-4-7-11-18,19-12-8-5-9-13-19)20(21)14-25-17(3)24/h4-13,20H,14H2,1-3H3. The molecular weight excluding hydrogens is 328 g/mol. The summed E-state index contributed by atoms with van der Waals surface area (Å²) in [5, 5.41) is 0. The molecule has 0 saturated heterocycles. The second-order valence-corrected chi connectivity index (χ2v) is 6.45. The summed E-state index contributed by atoms with van der Waals surface area (Å²) < 4.78 is 11.8. The molecule has 1 heterocycles. The number of esters is 1. The molecule has 0 N–H and O–H groups in total. The third-order valence-electron chi connectivity index (χ3n) is 4.77. The summed E-state index contributed by atoms with van der Waals surface area (Å²) in [4.78, 5) is 23.9. The second-order valence-electron chi connectivity index (χ2n) is 6.45. The molecule has 0 saturated carbocycles. The van der Waals surface area contributed by atoms with Gasteiger partial charge in [0, 0.05) is 23.6 Å². The van der Waals surface area contributed by atoms with Crippen molar-refractivity contribution in [2.75, 3.05) is 6.61 Å². The lowest BCUT2D eigenvalue weighted by molar-refractivity contribution is -0.144. The molecule has 0 radical (unpaired) electrons. The van der Waals surface area contributed by atoms with Crippen LogP contribution in [0.3, 0.4) is 0 Å². The Morgan fingerprint density at radius 1 is 0.962 bits per heavy atom. The topological polar surface area (TPSA) is 52.6 Å². The largest absolute Gasteiger partial charge is 0.481 e. The molecule has 0 spiro atoms. The average Bonchev–Trinajstić information content (AvgIpc) is 2.95. The molecule has 2 aromatic carbocycles. The van der Waals surface area contributed by atoms with Crippen LogP contribution in [0.5, 0.6) is 0 Å². The summed E-state index contributed by atoms with van der Waals surface area (Å²) in [6.45, 7) is 4.76. The van der Waals surface area contributed by atoms with Crippen LogP contribution >= 0.6 is 0 Å². The first-order chi connectivity index (χ1) is 12.5. The molecule has 0 fully saturated rings. The van der Waals surface area contributed by atoms with Crippen LogP contribution in [0.4, 0.5) is 0 Å². The van der Waals surface area contributed by atoms with Gasteiger partial charge >= 0.3 is 5.97 Å². The zero-order valence-corrected chi connectivity index (χ0v) is 15.2. The van der Waals surface area contributed by atoms with E-state index in [1.165, 1.54) is 13.8 Å². The summed E-state index contributed by atoms with van der Waals surface area (Å²) in [5.41, 5.74) is 1.49. The maximum atomic E-state index is 12.4. The van der Waals surface area contributed by atoms with E-state index in [-0.39, 0.29) is 18.4 Å². The minimum atomic E-state index is -0.914. The van der Waals surface area contributed by atoms with E-state index < -0.39 is 11.5 Å². The first-order valence-corrected chi connectivity index (χ1v) is 8.62. The Labute approximate surface area is 153 Å². The SMILES string of the molecule is CC(=O)OCC1C(C(C)=O)=C(C)OC1(c1ccccc1)c1ccccc1. The van der Waals surface area contributed by atoms with Crippen LogP contribution in [0.15, 0.2) is 72.0 Å². The fourth-order valence-electron chi connectivity index (χ4n) is 3.77. The lowest BCUT2D eigenvalue weighted by atomic mass is 9.73. The van der Waals surface area contributed by atoms with Crippen molar-refractivity contribution in [1.82, 2.24) is 0 Å². The van der Waals surface area contributed by atoms with Crippen molar-refractivity contribution in [3.63, 3.8) is 0 Å². The Hall–Kier alpha value is -2.88. The van der Waals surface area contributed by atoms with Gasteiger partial charge < -0.3 is 9.47 Å². The van der Waals surface area contributed by atoms with Gasteiger partial charge in [0.2, 0.25) is 0 Å². The number of allylic oxidation sites excluding steroid dienone is 1. The zero-order chi connectivity index (χ0) is 18.7. The van der Waals surface area contributed by atoms with E-state index >= 15 is 0 Å². The normalized spacial score (nSPS) is 18.3. The zero-order valence-electron chi connectivity index (χ0n) is 15.2. The fourth-order valence-corrected chi connectivity index (χ4v) is 3.77. The molecule has 4 nitrogen and oxygen atoms in total. The minimum absolute atomic E-state index is 0.0748. The van der Waals surface area contributed by atoms with Crippen molar-refractivity contribution < 1.29 is 19.1 Å². The monoisotopic (exact) mass is 350 g/mol. The molecule has 134 valence electrons. The lowest BCUT2D eigenvalue weighted by Crippen LogP contribution is -2.39. The summed E-state index contributed by atoms with van der Waals surface area (Å²) >= 11 is 0. The van der Waals surface area contributed by atoms with E-state index in [9.17, 15) is 9.59 Å². The lowest BCUT2D eigenvalue weighted by Gasteiger charge is -2.36. The molecule has 2 aromatic rings. The Kier molecular flexibility index (Phi) is 4.94. The highest BCUT2D eigenvalue weighted by Gasteiger charge is 2.53. The van der Waals surface area contributed by atoms with E-state index in [1.807, 2.05) is 60.7 Å². The van der Waals surface area contributed by atoms with Crippen molar-refractivity contribution in [1.29, 1.82) is 0 Å². The third kappa shape index (κ3) is 3.03. The Balaban J connectivity index is 2.22. The molecule has 0 amide bonds. The minimum Gasteiger partial charge on any atom is -0.481 e. The quantitative estimate of drug-likeness (QED) is 0.765. The number of ether oxygens (including phenoxy) is 2. The Morgan fingerprint density at radius 3 is 1.88 bits per heavy atom. The van der Waals surface area contributed by atoms with Crippen molar-refractivity contribution in [3.05, 3.63) is 83.1 Å². The van der Waals surface area contributed by atoms with Gasteiger partial charge in [0.15, 0.2) is 11.4 Å². The molecule has 0 bridgehead atoms. The molecule has 1 aliphatic heterocycles. The summed E-state index contributed by atoms with van der Waals surface area (Å²) in [5.74, 6) is -0.308. The number of rotatable bonds is 5. The summed E-state index contributed by atoms with van der Waals surface area (Å²) in [6.07, 6.45) is 0. The van der Waals surface area contributed by atoms with Gasteiger partial charge in [-0.25, -0.2) is 0 Å². The highest BCUT2D eigenvalue weighted by molar-refractivity contribution is 5.95. The van der Waals surface area contributed by atoms with Crippen LogP contribution in [0, 0.1) is 5.92 Å². The smallest absolute Gasteiger partial charge is 0.302 e. The number of hydrogen-bond donors (Lipinski definition) is 0. The van der Waals surface area contributed by atoms with Gasteiger partial charge in [-0.1, -0.05) is 60.7 Å². The first-order valence-electron chi connectivity index (χ1n) is 8.62. The summed E-state index contributed by atoms with van der Waals surface area (Å²) in [6, 6.07) is 19.5. The van der Waals surface area contributed by atoms with E-state index in [4.69, 9.17) is 9.47 Å². The molecule has 3 rings (SSSR count). The van der Waals surface area contributed by atoms with Crippen LogP contribution in [-0.4, -0.2) is 18.4 Å². The molecule has 1 aliphatic rings. The van der Waals surface area contributed by atoms with Gasteiger partial charge in [-0.3, -0.25) is 9.59 Å². The molecule has 0 aromatic heterocycles. The maximum absolute atomic E-state index is 12.4. The van der Waals surface area contributed by atoms with Gasteiger partial charge in [-0.2, -0.15) is 0 Å². The Morgan fingerprint density at radius 2 is 1.46 bits per heavy atom. The number of benzene rings is 2. The number of carbonyl (C=O) groups excluding carboxylic acids is 2. The van der Waals surface area contributed by atoms with Crippen molar-refractivity contribution >= 4 is 11.8 Å². The fraction of sp³-hybridized carbons (Fsp3) is 0.273. The van der Waals surface area contributed by atoms with Crippen LogP contribution in [0.1, 0.15) is 31.9 Å². The highest BCUT2D eigenvalue weighted by Crippen LogP contribution is 2.51. The number of ketones is 1. The van der Waals surface area contributed by atoms with Crippen LogP contribution in [-0.2, 0) is 24.7 Å². The third-order valence-corrected chi connectivity index (χ3v) is 4.77. The molecule has 4 heteroatoms. The van der Waals surface area contributed by atoms with E-state index in [0.29, 0.717) is 11.3 Å². The van der Waals surface area contributed by atoms with Crippen molar-refractivity contribution in [2.24, 2.45) is 5.92 Å². The molecule has 0 aliphatic carbocycles. The van der Waals surface area contributed by atoms with Gasteiger partial charge in [0.1, 0.15) is 12.4 Å². The molecule has 1 unspecified atom stereocenters. The van der Waals surface area contributed by atoms with Gasteiger partial charge in [-0.15, -0.1) is 0 Å². The average molecular weight is 350 g/mol. The van der Waals surface area contributed by atoms with Crippen molar-refractivity contribution in [2.45, 2.75) is 26.4 Å². The first kappa shape index (κ1) is 17.9. The number of hydrogen-bond acceptors (Lipinski definition) is 4. The van der Waals surface area contributed by atoms with Crippen molar-refractivity contribution in [3.8, 4) is 0 Å². The van der Waals surface area contributed by atoms with Gasteiger partial charge in [0.25, 0.3) is 0 Å². The van der Waals surface area contributed by atoms with E-state index in [0.717, 1.165) is 11.1 Å². The van der Waals surface area contributed by atoms with E-state index in [1.54, 1.807) is 6.92 Å². The van der Waals surface area contributed by atoms with Crippen LogP contribution < -0.4 is 0 Å². The molecular formula is C22H22O4. The second kappa shape index (κ2) is 7.16. The maximum Gasteiger partial charge on any atom is 0.302 e. The van der Waals surface area contributed by atoms with Gasteiger partial charge in [-0.05, 0) is 13.8 Å². The Bertz CT molecular complexity index is 797. The highest BCUT2D eigenvalue weighted by atomic mass is 16.5. The predicted octanol–water partition coefficient (Wildman–Crippen LogP) is 4.00. The number of carbonyl (C=O) groups is 2. The predicted molar refractivity (Wildman–Crippen MR) is 98.3 cm³/mol.